The molecule has 2 aromatic rings. The number of halogens is 1. The Balaban J connectivity index is 1.60. The first kappa shape index (κ1) is 17.3. The number of amides is 2. The number of likely N-dealkylation sites (N-methyl/N-ethyl adjacent to an activating group) is 1. The fourth-order valence-corrected chi connectivity index (χ4v) is 3.12. The lowest BCUT2D eigenvalue weighted by atomic mass is 10.1. The summed E-state index contributed by atoms with van der Waals surface area (Å²) in [5.74, 6) is -0.562. The average Bonchev–Trinajstić information content (AvgIpc) is 2.90. The Kier molecular flexibility index (Phi) is 5.24. The number of carbonyl (C=O) groups is 2. The third-order valence-corrected chi connectivity index (χ3v) is 4.56. The molecular formula is C20H21FN2O2. The second kappa shape index (κ2) is 7.57. The Morgan fingerprint density at radius 2 is 1.72 bits per heavy atom. The van der Waals surface area contributed by atoms with E-state index in [9.17, 15) is 14.0 Å². The van der Waals surface area contributed by atoms with Crippen LogP contribution in [0.3, 0.4) is 0 Å². The Hall–Kier alpha value is -2.53. The molecule has 130 valence electrons. The molecule has 5 heteroatoms. The predicted octanol–water partition coefficient (Wildman–Crippen LogP) is 2.63. The van der Waals surface area contributed by atoms with Crippen LogP contribution in [-0.2, 0) is 22.6 Å². The summed E-state index contributed by atoms with van der Waals surface area (Å²) < 4.78 is 13.0. The first-order chi connectivity index (χ1) is 12.0. The van der Waals surface area contributed by atoms with Gasteiger partial charge in [0.2, 0.25) is 11.8 Å². The monoisotopic (exact) mass is 340 g/mol. The third-order valence-electron chi connectivity index (χ3n) is 4.56. The van der Waals surface area contributed by atoms with Gasteiger partial charge in [-0.2, -0.15) is 0 Å². The summed E-state index contributed by atoms with van der Waals surface area (Å²) in [7, 11) is 1.82. The Morgan fingerprint density at radius 1 is 1.04 bits per heavy atom. The highest BCUT2D eigenvalue weighted by molar-refractivity contribution is 6.05. The van der Waals surface area contributed by atoms with Crippen LogP contribution in [-0.4, -0.2) is 41.2 Å². The zero-order valence-corrected chi connectivity index (χ0v) is 14.2. The molecular weight excluding hydrogens is 319 g/mol. The molecule has 1 aliphatic heterocycles. The summed E-state index contributed by atoms with van der Waals surface area (Å²) in [6, 6.07) is 15.6. The van der Waals surface area contributed by atoms with Crippen molar-refractivity contribution in [1.82, 2.24) is 9.80 Å². The number of rotatable bonds is 6. The van der Waals surface area contributed by atoms with Crippen molar-refractivity contribution in [2.24, 2.45) is 0 Å². The fraction of sp³-hybridized carbons (Fsp3) is 0.300. The maximum Gasteiger partial charge on any atom is 0.247 e. The van der Waals surface area contributed by atoms with Gasteiger partial charge in [-0.3, -0.25) is 19.4 Å². The van der Waals surface area contributed by atoms with Crippen molar-refractivity contribution in [1.29, 1.82) is 0 Å². The standard InChI is InChI=1S/C20H21FN2O2/c1-22(14-16-7-9-17(21)10-8-16)18-13-19(24)23(20(18)25)12-11-15-5-3-2-4-6-15/h2-10,18H,11-14H2,1H3/t18-/m1/s1. The van der Waals surface area contributed by atoms with Crippen LogP contribution in [0.15, 0.2) is 54.6 Å². The summed E-state index contributed by atoms with van der Waals surface area (Å²) in [6.45, 7) is 0.902. The van der Waals surface area contributed by atoms with Gasteiger partial charge in [0.05, 0.1) is 12.5 Å². The molecule has 0 radical (unpaired) electrons. The minimum absolute atomic E-state index is 0.128. The molecule has 3 rings (SSSR count). The van der Waals surface area contributed by atoms with Crippen LogP contribution < -0.4 is 0 Å². The van der Waals surface area contributed by atoms with E-state index >= 15 is 0 Å². The topological polar surface area (TPSA) is 40.6 Å². The lowest BCUT2D eigenvalue weighted by Gasteiger charge is -2.23. The number of hydrogen-bond donors (Lipinski definition) is 0. The number of nitrogens with zero attached hydrogens (tertiary/aromatic N) is 2. The zero-order chi connectivity index (χ0) is 17.8. The van der Waals surface area contributed by atoms with Crippen molar-refractivity contribution in [3.63, 3.8) is 0 Å². The molecule has 0 aromatic heterocycles. The molecule has 2 aromatic carbocycles. The summed E-state index contributed by atoms with van der Waals surface area (Å²) in [5, 5.41) is 0. The molecule has 4 nitrogen and oxygen atoms in total. The first-order valence-electron chi connectivity index (χ1n) is 8.37. The molecule has 1 saturated heterocycles. The van der Waals surface area contributed by atoms with Crippen LogP contribution in [0, 0.1) is 5.82 Å². The molecule has 0 bridgehead atoms. The van der Waals surface area contributed by atoms with Gasteiger partial charge in [0.1, 0.15) is 5.82 Å². The zero-order valence-electron chi connectivity index (χ0n) is 14.2. The van der Waals surface area contributed by atoms with Gasteiger partial charge in [-0.15, -0.1) is 0 Å². The quantitative estimate of drug-likeness (QED) is 0.759. The summed E-state index contributed by atoms with van der Waals surface area (Å²) in [4.78, 5) is 28.1. The van der Waals surface area contributed by atoms with Gasteiger partial charge in [-0.05, 0) is 36.7 Å². The fourth-order valence-electron chi connectivity index (χ4n) is 3.12. The second-order valence-electron chi connectivity index (χ2n) is 6.38. The number of imide groups is 1. The van der Waals surface area contributed by atoms with Crippen molar-refractivity contribution < 1.29 is 14.0 Å². The molecule has 0 unspecified atom stereocenters. The molecule has 0 spiro atoms. The van der Waals surface area contributed by atoms with E-state index in [0.717, 1.165) is 11.1 Å². The molecule has 1 atom stereocenters. The minimum atomic E-state index is -0.451. The highest BCUT2D eigenvalue weighted by Crippen LogP contribution is 2.20. The number of carbonyl (C=O) groups excluding carboxylic acids is 2. The molecule has 0 N–H and O–H groups in total. The van der Waals surface area contributed by atoms with Gasteiger partial charge in [0, 0.05) is 13.1 Å². The van der Waals surface area contributed by atoms with E-state index in [-0.39, 0.29) is 24.1 Å². The van der Waals surface area contributed by atoms with Crippen molar-refractivity contribution in [2.45, 2.75) is 25.4 Å². The van der Waals surface area contributed by atoms with E-state index in [2.05, 4.69) is 0 Å². The third kappa shape index (κ3) is 4.12. The highest BCUT2D eigenvalue weighted by atomic mass is 19.1. The van der Waals surface area contributed by atoms with Gasteiger partial charge in [-0.25, -0.2) is 4.39 Å². The first-order valence-corrected chi connectivity index (χ1v) is 8.37. The normalized spacial score (nSPS) is 17.6. The molecule has 1 aliphatic rings. The summed E-state index contributed by atoms with van der Waals surface area (Å²) >= 11 is 0. The highest BCUT2D eigenvalue weighted by Gasteiger charge is 2.40. The van der Waals surface area contributed by atoms with Crippen LogP contribution in [0.4, 0.5) is 4.39 Å². The van der Waals surface area contributed by atoms with Crippen molar-refractivity contribution in [2.75, 3.05) is 13.6 Å². The minimum Gasteiger partial charge on any atom is -0.290 e. The number of hydrogen-bond acceptors (Lipinski definition) is 3. The Bertz CT molecular complexity index is 746. The van der Waals surface area contributed by atoms with Crippen LogP contribution in [0.5, 0.6) is 0 Å². The summed E-state index contributed by atoms with van der Waals surface area (Å²) in [6.07, 6.45) is 0.859. The smallest absolute Gasteiger partial charge is 0.247 e. The maximum absolute atomic E-state index is 13.0. The average molecular weight is 340 g/mol. The predicted molar refractivity (Wildman–Crippen MR) is 93.1 cm³/mol. The van der Waals surface area contributed by atoms with Gasteiger partial charge >= 0.3 is 0 Å². The molecule has 0 saturated carbocycles. The van der Waals surface area contributed by atoms with Crippen LogP contribution in [0.25, 0.3) is 0 Å². The molecule has 0 aliphatic carbocycles. The van der Waals surface area contributed by atoms with E-state index in [4.69, 9.17) is 0 Å². The summed E-state index contributed by atoms with van der Waals surface area (Å²) in [5.41, 5.74) is 2.01. The van der Waals surface area contributed by atoms with E-state index < -0.39 is 6.04 Å². The van der Waals surface area contributed by atoms with Gasteiger partial charge in [0.15, 0.2) is 0 Å². The van der Waals surface area contributed by atoms with E-state index in [1.807, 2.05) is 42.3 Å². The maximum atomic E-state index is 13.0. The van der Waals surface area contributed by atoms with Crippen molar-refractivity contribution in [3.05, 3.63) is 71.5 Å². The van der Waals surface area contributed by atoms with Gasteiger partial charge < -0.3 is 0 Å². The lowest BCUT2D eigenvalue weighted by Crippen LogP contribution is -2.40. The molecule has 1 fully saturated rings. The second-order valence-corrected chi connectivity index (χ2v) is 6.38. The van der Waals surface area contributed by atoms with Gasteiger partial charge in [-0.1, -0.05) is 42.5 Å². The van der Waals surface area contributed by atoms with Crippen molar-refractivity contribution >= 4 is 11.8 Å². The van der Waals surface area contributed by atoms with E-state index in [1.54, 1.807) is 12.1 Å². The largest absolute Gasteiger partial charge is 0.290 e. The SMILES string of the molecule is CN(Cc1ccc(F)cc1)[C@@H]1CC(=O)N(CCc2ccccc2)C1=O. The van der Waals surface area contributed by atoms with Gasteiger partial charge in [0.25, 0.3) is 0 Å². The number of likely N-dealkylation sites (tertiary alicyclic amines) is 1. The lowest BCUT2D eigenvalue weighted by molar-refractivity contribution is -0.139. The van der Waals surface area contributed by atoms with Crippen LogP contribution in [0.2, 0.25) is 0 Å². The van der Waals surface area contributed by atoms with Crippen LogP contribution in [0.1, 0.15) is 17.5 Å². The van der Waals surface area contributed by atoms with Crippen LogP contribution >= 0.6 is 0 Å². The molecule has 25 heavy (non-hydrogen) atoms. The Labute approximate surface area is 146 Å². The van der Waals surface area contributed by atoms with E-state index in [0.29, 0.717) is 19.5 Å². The van der Waals surface area contributed by atoms with Crippen molar-refractivity contribution in [3.8, 4) is 0 Å². The van der Waals surface area contributed by atoms with E-state index in [1.165, 1.54) is 17.0 Å². The number of benzene rings is 2. The molecule has 2 amide bonds. The molecule has 1 heterocycles. The Morgan fingerprint density at radius 3 is 2.40 bits per heavy atom.